The van der Waals surface area contributed by atoms with Crippen LogP contribution in [0.3, 0.4) is 0 Å². The van der Waals surface area contributed by atoms with E-state index < -0.39 is 0 Å². The zero-order valence-corrected chi connectivity index (χ0v) is 22.3. The fraction of sp³-hybridized carbons (Fsp3) is 0.370. The number of aromatic nitrogens is 1. The molecule has 0 radical (unpaired) electrons. The lowest BCUT2D eigenvalue weighted by molar-refractivity contribution is -0.128. The van der Waals surface area contributed by atoms with Crippen LogP contribution in [0, 0.1) is 5.82 Å². The average Bonchev–Trinajstić information content (AvgIpc) is 3.68. The summed E-state index contributed by atoms with van der Waals surface area (Å²) in [6.45, 7) is 1.83. The van der Waals surface area contributed by atoms with E-state index in [2.05, 4.69) is 20.5 Å². The first-order valence-electron chi connectivity index (χ1n) is 12.4. The second-order valence-electron chi connectivity index (χ2n) is 9.30. The number of amidine groups is 1. The molecule has 1 saturated carbocycles. The third kappa shape index (κ3) is 5.65. The maximum Gasteiger partial charge on any atom is 0.323 e. The fourth-order valence-corrected chi connectivity index (χ4v) is 5.32. The summed E-state index contributed by atoms with van der Waals surface area (Å²) in [5, 5.41) is 11.8. The van der Waals surface area contributed by atoms with Crippen molar-refractivity contribution in [2.24, 2.45) is 5.16 Å². The maximum absolute atomic E-state index is 15.0. The highest BCUT2D eigenvalue weighted by molar-refractivity contribution is 6.39. The molecule has 1 aromatic heterocycles. The molecule has 2 heterocycles. The van der Waals surface area contributed by atoms with Gasteiger partial charge in [0.2, 0.25) is 0 Å². The lowest BCUT2D eigenvalue weighted by Gasteiger charge is -2.33. The zero-order valence-electron chi connectivity index (χ0n) is 20.8. The van der Waals surface area contributed by atoms with Gasteiger partial charge in [-0.05, 0) is 56.0 Å². The average molecular weight is 561 g/mol. The van der Waals surface area contributed by atoms with Gasteiger partial charge in [0, 0.05) is 42.7 Å². The Kier molecular flexibility index (Phi) is 8.16. The molecule has 0 spiro atoms. The Bertz CT molecular complexity index is 1320. The minimum atomic E-state index is -0.379. The molecule has 0 amide bonds. The molecule has 38 heavy (non-hydrogen) atoms. The minimum absolute atomic E-state index is 0.00798. The number of nitrogens with zero attached hydrogens (tertiary/aromatic N) is 3. The van der Waals surface area contributed by atoms with E-state index in [1.165, 1.54) is 6.07 Å². The second-order valence-corrected chi connectivity index (χ2v) is 10.1. The quantitative estimate of drug-likeness (QED) is 0.114. The first-order chi connectivity index (χ1) is 18.5. The standard InChI is InChI=1S/C27H27Cl2FN4O4/c1-31-27(33-37-15-35)17-7-8-23(22(30)13-17)34-11-9-18(10-12-34)36-14-19-25(32-38-26(19)16-5-6-16)24-20(28)3-2-4-21(24)29/h2-4,7-8,13,15-16,18H,5-6,9-12,14H2,1H3,(H,31,33). The molecule has 2 fully saturated rings. The number of ether oxygens (including phenoxy) is 1. The van der Waals surface area contributed by atoms with Crippen LogP contribution >= 0.6 is 23.2 Å². The highest BCUT2D eigenvalue weighted by atomic mass is 35.5. The lowest BCUT2D eigenvalue weighted by Crippen LogP contribution is -2.37. The van der Waals surface area contributed by atoms with Gasteiger partial charge >= 0.3 is 6.47 Å². The summed E-state index contributed by atoms with van der Waals surface area (Å²) in [6, 6.07) is 10.2. The topological polar surface area (TPSA) is 89.2 Å². The SMILES string of the molecule is CN/C(=N\OC=O)c1ccc(N2CCC(OCc3c(-c4c(Cl)cccc4Cl)noc3C3CC3)CC2)c(F)c1. The molecule has 1 aliphatic carbocycles. The highest BCUT2D eigenvalue weighted by Gasteiger charge is 2.34. The van der Waals surface area contributed by atoms with Gasteiger partial charge in [0.05, 0.1) is 28.4 Å². The summed E-state index contributed by atoms with van der Waals surface area (Å²) in [4.78, 5) is 16.8. The van der Waals surface area contributed by atoms with Crippen LogP contribution in [-0.2, 0) is 21.0 Å². The van der Waals surface area contributed by atoms with Gasteiger partial charge in [-0.1, -0.05) is 39.6 Å². The number of hydrogen-bond donors (Lipinski definition) is 1. The van der Waals surface area contributed by atoms with Crippen LogP contribution in [0.4, 0.5) is 10.1 Å². The molecule has 1 aliphatic heterocycles. The molecule has 1 saturated heterocycles. The molecule has 11 heteroatoms. The smallest absolute Gasteiger partial charge is 0.323 e. The van der Waals surface area contributed by atoms with Gasteiger partial charge in [-0.15, -0.1) is 0 Å². The summed E-state index contributed by atoms with van der Waals surface area (Å²) in [7, 11) is 1.61. The molecule has 0 unspecified atom stereocenters. The van der Waals surface area contributed by atoms with Gasteiger partial charge in [0.25, 0.3) is 0 Å². The van der Waals surface area contributed by atoms with Gasteiger partial charge in [0.15, 0.2) is 5.84 Å². The van der Waals surface area contributed by atoms with Crippen molar-refractivity contribution in [1.29, 1.82) is 0 Å². The minimum Gasteiger partial charge on any atom is -0.373 e. The maximum atomic E-state index is 15.0. The first-order valence-corrected chi connectivity index (χ1v) is 13.2. The number of piperidine rings is 1. The Labute approximate surface area is 229 Å². The third-order valence-corrected chi connectivity index (χ3v) is 7.49. The predicted octanol–water partition coefficient (Wildman–Crippen LogP) is 5.90. The number of oxime groups is 1. The predicted molar refractivity (Wildman–Crippen MR) is 143 cm³/mol. The van der Waals surface area contributed by atoms with Crippen LogP contribution in [0.2, 0.25) is 10.0 Å². The van der Waals surface area contributed by atoms with E-state index in [9.17, 15) is 9.18 Å². The van der Waals surface area contributed by atoms with Crippen LogP contribution in [0.1, 0.15) is 48.5 Å². The largest absolute Gasteiger partial charge is 0.373 e. The molecule has 0 bridgehead atoms. The van der Waals surface area contributed by atoms with E-state index in [0.29, 0.717) is 58.2 Å². The van der Waals surface area contributed by atoms with E-state index in [-0.39, 0.29) is 24.2 Å². The first kappa shape index (κ1) is 26.5. The van der Waals surface area contributed by atoms with Crippen molar-refractivity contribution in [2.75, 3.05) is 25.0 Å². The van der Waals surface area contributed by atoms with Crippen molar-refractivity contribution in [3.63, 3.8) is 0 Å². The molecule has 5 rings (SSSR count). The number of halogens is 3. The summed E-state index contributed by atoms with van der Waals surface area (Å²) in [6.07, 6.45) is 3.61. The summed E-state index contributed by atoms with van der Waals surface area (Å²) >= 11 is 12.9. The summed E-state index contributed by atoms with van der Waals surface area (Å²) in [5.74, 6) is 1.07. The van der Waals surface area contributed by atoms with E-state index in [1.807, 2.05) is 4.90 Å². The third-order valence-electron chi connectivity index (χ3n) is 6.86. The number of nitrogens with one attached hydrogen (secondary N) is 1. The molecule has 8 nitrogen and oxygen atoms in total. The second kappa shape index (κ2) is 11.7. The van der Waals surface area contributed by atoms with Crippen molar-refractivity contribution in [2.45, 2.75) is 44.3 Å². The molecule has 0 atom stereocenters. The van der Waals surface area contributed by atoms with Gasteiger partial charge in [-0.2, -0.15) is 0 Å². The number of rotatable bonds is 9. The Morgan fingerprint density at radius 2 is 1.95 bits per heavy atom. The molecular formula is C27H27Cl2FN4O4. The van der Waals surface area contributed by atoms with Crippen LogP contribution in [0.5, 0.6) is 0 Å². The van der Waals surface area contributed by atoms with E-state index in [0.717, 1.165) is 37.0 Å². The van der Waals surface area contributed by atoms with Crippen LogP contribution in [0.15, 0.2) is 46.1 Å². The van der Waals surface area contributed by atoms with E-state index in [4.69, 9.17) is 32.5 Å². The van der Waals surface area contributed by atoms with E-state index in [1.54, 1.807) is 37.4 Å². The molecular weight excluding hydrogens is 534 g/mol. The molecule has 2 aromatic carbocycles. The molecule has 1 N–H and O–H groups in total. The van der Waals surface area contributed by atoms with Crippen molar-refractivity contribution in [1.82, 2.24) is 10.5 Å². The monoisotopic (exact) mass is 560 g/mol. The number of carbonyl (C=O) groups is 1. The zero-order chi connectivity index (χ0) is 26.6. The Morgan fingerprint density at radius 3 is 2.58 bits per heavy atom. The Morgan fingerprint density at radius 1 is 1.21 bits per heavy atom. The number of carbonyl (C=O) groups excluding carboxylic acids is 1. The van der Waals surface area contributed by atoms with E-state index >= 15 is 0 Å². The van der Waals surface area contributed by atoms with Gasteiger partial charge in [0.1, 0.15) is 17.3 Å². The number of hydrogen-bond acceptors (Lipinski definition) is 7. The van der Waals surface area contributed by atoms with Crippen molar-refractivity contribution in [3.8, 4) is 11.3 Å². The molecule has 200 valence electrons. The van der Waals surface area contributed by atoms with Crippen LogP contribution < -0.4 is 10.2 Å². The Balaban J connectivity index is 1.24. The van der Waals surface area contributed by atoms with Gasteiger partial charge in [-0.3, -0.25) is 4.79 Å². The molecule has 3 aromatic rings. The van der Waals surface area contributed by atoms with Crippen LogP contribution in [-0.4, -0.2) is 43.7 Å². The summed E-state index contributed by atoms with van der Waals surface area (Å²) in [5.41, 5.74) is 3.16. The lowest BCUT2D eigenvalue weighted by atomic mass is 10.0. The Hall–Kier alpha value is -3.14. The fourth-order valence-electron chi connectivity index (χ4n) is 4.74. The van der Waals surface area contributed by atoms with Crippen molar-refractivity contribution in [3.05, 3.63) is 69.1 Å². The van der Waals surface area contributed by atoms with Crippen molar-refractivity contribution < 1.29 is 23.3 Å². The van der Waals surface area contributed by atoms with Gasteiger partial charge < -0.3 is 24.3 Å². The van der Waals surface area contributed by atoms with Crippen molar-refractivity contribution >= 4 is 41.2 Å². The van der Waals surface area contributed by atoms with Crippen LogP contribution in [0.25, 0.3) is 11.3 Å². The number of anilines is 1. The number of benzene rings is 2. The van der Waals surface area contributed by atoms with Gasteiger partial charge in [-0.25, -0.2) is 4.39 Å². The molecule has 2 aliphatic rings. The highest BCUT2D eigenvalue weighted by Crippen LogP contribution is 2.46. The normalized spacial score (nSPS) is 16.5. The summed E-state index contributed by atoms with van der Waals surface area (Å²) < 4.78 is 27.0.